The minimum Gasteiger partial charge on any atom is -0.0651 e. The van der Waals surface area contributed by atoms with Gasteiger partial charge in [0.05, 0.1) is 0 Å². The van der Waals surface area contributed by atoms with Gasteiger partial charge >= 0.3 is 0 Å². The Balaban J connectivity index is 1.99. The molecule has 1 aliphatic rings. The Hall–Kier alpha value is -0.780. The van der Waals surface area contributed by atoms with E-state index < -0.39 is 0 Å². The second kappa shape index (κ2) is 6.11. The van der Waals surface area contributed by atoms with Crippen molar-refractivity contribution in [2.24, 2.45) is 17.8 Å². The molecule has 19 heavy (non-hydrogen) atoms. The lowest BCUT2D eigenvalue weighted by Gasteiger charge is -2.39. The molecule has 1 fully saturated rings. The van der Waals surface area contributed by atoms with Crippen LogP contribution in [0.4, 0.5) is 0 Å². The van der Waals surface area contributed by atoms with Crippen molar-refractivity contribution in [3.05, 3.63) is 34.9 Å². The van der Waals surface area contributed by atoms with Gasteiger partial charge in [-0.2, -0.15) is 0 Å². The average molecular weight is 258 g/mol. The number of aryl methyl sites for hydroxylation is 1. The van der Waals surface area contributed by atoms with Gasteiger partial charge in [-0.1, -0.05) is 57.9 Å². The smallest absolute Gasteiger partial charge is 0.0219 e. The van der Waals surface area contributed by atoms with Crippen LogP contribution in [0.15, 0.2) is 18.2 Å². The predicted octanol–water partition coefficient (Wildman–Crippen LogP) is 5.73. The van der Waals surface area contributed by atoms with Crippen molar-refractivity contribution in [3.63, 3.8) is 0 Å². The summed E-state index contributed by atoms with van der Waals surface area (Å²) in [6, 6.07) is 7.16. The predicted molar refractivity (Wildman–Crippen MR) is 84.6 cm³/mol. The Morgan fingerprint density at radius 3 is 2.37 bits per heavy atom. The van der Waals surface area contributed by atoms with Crippen LogP contribution in [-0.2, 0) is 6.42 Å². The molecule has 0 N–H and O–H groups in total. The molecule has 0 heteroatoms. The summed E-state index contributed by atoms with van der Waals surface area (Å²) in [7, 11) is 0. The molecule has 0 aliphatic heterocycles. The number of benzene rings is 1. The van der Waals surface area contributed by atoms with Gasteiger partial charge in [-0.3, -0.25) is 0 Å². The van der Waals surface area contributed by atoms with Crippen LogP contribution in [0, 0.1) is 24.7 Å². The summed E-state index contributed by atoms with van der Waals surface area (Å²) in [5.41, 5.74) is 4.48. The zero-order valence-electron chi connectivity index (χ0n) is 13.4. The number of hydrogen-bond donors (Lipinski definition) is 0. The highest BCUT2D eigenvalue weighted by Crippen LogP contribution is 2.41. The maximum absolute atomic E-state index is 2.45. The van der Waals surface area contributed by atoms with E-state index in [9.17, 15) is 0 Å². The van der Waals surface area contributed by atoms with Gasteiger partial charge in [-0.25, -0.2) is 0 Å². The van der Waals surface area contributed by atoms with E-state index in [-0.39, 0.29) is 0 Å². The largest absolute Gasteiger partial charge is 0.0651 e. The van der Waals surface area contributed by atoms with Crippen LogP contribution >= 0.6 is 0 Å². The molecule has 0 saturated heterocycles. The molecular formula is C19H30. The standard InChI is InChI=1S/C19H30/c1-6-16-10-19(11-16)15(5)9-17-7-14(4)8-18(12-17)13(2)3/h7-8,12-13,15-16,19H,6,9-11H2,1-5H3. The Labute approximate surface area is 119 Å². The molecule has 0 bridgehead atoms. The van der Waals surface area contributed by atoms with Crippen LogP contribution in [0.2, 0.25) is 0 Å². The second-order valence-corrected chi connectivity index (χ2v) is 7.09. The first-order valence-electron chi connectivity index (χ1n) is 8.10. The van der Waals surface area contributed by atoms with Gasteiger partial charge in [0.2, 0.25) is 0 Å². The molecule has 1 unspecified atom stereocenters. The summed E-state index contributed by atoms with van der Waals surface area (Å²) in [5.74, 6) is 3.50. The van der Waals surface area contributed by atoms with Crippen molar-refractivity contribution in [1.82, 2.24) is 0 Å². The summed E-state index contributed by atoms with van der Waals surface area (Å²) in [4.78, 5) is 0. The normalized spacial score (nSPS) is 24.3. The maximum atomic E-state index is 2.45. The van der Waals surface area contributed by atoms with Gasteiger partial charge in [0.25, 0.3) is 0 Å². The van der Waals surface area contributed by atoms with E-state index >= 15 is 0 Å². The molecule has 0 nitrogen and oxygen atoms in total. The van der Waals surface area contributed by atoms with Crippen molar-refractivity contribution < 1.29 is 0 Å². The summed E-state index contributed by atoms with van der Waals surface area (Å²) >= 11 is 0. The lowest BCUT2D eigenvalue weighted by molar-refractivity contribution is 0.129. The fraction of sp³-hybridized carbons (Fsp3) is 0.684. The Bertz CT molecular complexity index is 410. The van der Waals surface area contributed by atoms with Crippen LogP contribution in [0.25, 0.3) is 0 Å². The highest BCUT2D eigenvalue weighted by Gasteiger charge is 2.31. The van der Waals surface area contributed by atoms with Gasteiger partial charge < -0.3 is 0 Å². The van der Waals surface area contributed by atoms with Crippen LogP contribution in [0.1, 0.15) is 69.6 Å². The first-order chi connectivity index (χ1) is 8.99. The van der Waals surface area contributed by atoms with Gasteiger partial charge in [0.15, 0.2) is 0 Å². The Morgan fingerprint density at radius 2 is 1.79 bits per heavy atom. The molecule has 1 aromatic carbocycles. The Kier molecular flexibility index (Phi) is 4.71. The minimum atomic E-state index is 0.641. The molecule has 2 rings (SSSR count). The SMILES string of the molecule is CCC1CC(C(C)Cc2cc(C)cc(C(C)C)c2)C1. The van der Waals surface area contributed by atoms with Crippen molar-refractivity contribution >= 4 is 0 Å². The highest BCUT2D eigenvalue weighted by atomic mass is 14.4. The zero-order valence-corrected chi connectivity index (χ0v) is 13.4. The quantitative estimate of drug-likeness (QED) is 0.632. The summed E-state index contributed by atoms with van der Waals surface area (Å²) in [6.45, 7) is 11.6. The third-order valence-corrected chi connectivity index (χ3v) is 5.04. The van der Waals surface area contributed by atoms with E-state index in [2.05, 4.69) is 52.8 Å². The van der Waals surface area contributed by atoms with Crippen molar-refractivity contribution in [1.29, 1.82) is 0 Å². The van der Waals surface area contributed by atoms with E-state index in [0.29, 0.717) is 5.92 Å². The molecule has 0 spiro atoms. The first kappa shape index (κ1) is 14.6. The van der Waals surface area contributed by atoms with Crippen LogP contribution < -0.4 is 0 Å². The topological polar surface area (TPSA) is 0 Å². The number of hydrogen-bond acceptors (Lipinski definition) is 0. The lowest BCUT2D eigenvalue weighted by Crippen LogP contribution is -2.29. The minimum absolute atomic E-state index is 0.641. The number of rotatable bonds is 5. The fourth-order valence-corrected chi connectivity index (χ4v) is 3.47. The van der Waals surface area contributed by atoms with Gasteiger partial charge in [0.1, 0.15) is 0 Å². The summed E-state index contributed by atoms with van der Waals surface area (Å²) < 4.78 is 0. The molecule has 1 saturated carbocycles. The van der Waals surface area contributed by atoms with Crippen molar-refractivity contribution in [3.8, 4) is 0 Å². The molecule has 0 amide bonds. The third kappa shape index (κ3) is 3.61. The van der Waals surface area contributed by atoms with Gasteiger partial charge in [-0.05, 0) is 61.0 Å². The molecule has 0 heterocycles. The fourth-order valence-electron chi connectivity index (χ4n) is 3.47. The monoisotopic (exact) mass is 258 g/mol. The molecular weight excluding hydrogens is 228 g/mol. The maximum Gasteiger partial charge on any atom is -0.0219 e. The summed E-state index contributed by atoms with van der Waals surface area (Å²) in [5, 5.41) is 0. The van der Waals surface area contributed by atoms with Crippen LogP contribution in [0.5, 0.6) is 0 Å². The molecule has 0 aromatic heterocycles. The zero-order chi connectivity index (χ0) is 14.0. The molecule has 1 atom stereocenters. The van der Waals surface area contributed by atoms with E-state index in [1.807, 2.05) is 0 Å². The molecule has 106 valence electrons. The van der Waals surface area contributed by atoms with Crippen LogP contribution in [-0.4, -0.2) is 0 Å². The van der Waals surface area contributed by atoms with E-state index in [4.69, 9.17) is 0 Å². The van der Waals surface area contributed by atoms with Crippen molar-refractivity contribution in [2.45, 2.75) is 66.2 Å². The van der Waals surface area contributed by atoms with E-state index in [1.165, 1.54) is 36.8 Å². The Morgan fingerprint density at radius 1 is 1.11 bits per heavy atom. The molecule has 0 radical (unpaired) electrons. The van der Waals surface area contributed by atoms with Crippen LogP contribution in [0.3, 0.4) is 0 Å². The van der Waals surface area contributed by atoms with E-state index in [0.717, 1.165) is 17.8 Å². The molecule has 1 aliphatic carbocycles. The highest BCUT2D eigenvalue weighted by molar-refractivity contribution is 5.31. The first-order valence-corrected chi connectivity index (χ1v) is 8.10. The van der Waals surface area contributed by atoms with Gasteiger partial charge in [0, 0.05) is 0 Å². The second-order valence-electron chi connectivity index (χ2n) is 7.09. The van der Waals surface area contributed by atoms with Gasteiger partial charge in [-0.15, -0.1) is 0 Å². The van der Waals surface area contributed by atoms with E-state index in [1.54, 1.807) is 5.56 Å². The summed E-state index contributed by atoms with van der Waals surface area (Å²) in [6.07, 6.45) is 5.59. The third-order valence-electron chi connectivity index (χ3n) is 5.04. The average Bonchev–Trinajstić information content (AvgIpc) is 2.26. The molecule has 1 aromatic rings. The lowest BCUT2D eigenvalue weighted by atomic mass is 9.67. The van der Waals surface area contributed by atoms with Crippen molar-refractivity contribution in [2.75, 3.05) is 0 Å².